The lowest BCUT2D eigenvalue weighted by Gasteiger charge is -2.59. The number of hydrogen-bond donors (Lipinski definition) is 1. The molecule has 6 atom stereocenters. The van der Waals surface area contributed by atoms with Crippen molar-refractivity contribution in [2.75, 3.05) is 0 Å². The van der Waals surface area contributed by atoms with Crippen molar-refractivity contribution in [2.45, 2.75) is 65.2 Å². The lowest BCUT2D eigenvalue weighted by atomic mass is 9.45. The van der Waals surface area contributed by atoms with Gasteiger partial charge in [0.05, 0.1) is 5.76 Å². The summed E-state index contributed by atoms with van der Waals surface area (Å²) in [5.74, 6) is 3.98. The van der Waals surface area contributed by atoms with Gasteiger partial charge >= 0.3 is 0 Å². The Hall–Kier alpha value is -0.790. The van der Waals surface area contributed by atoms with E-state index >= 15 is 0 Å². The minimum Gasteiger partial charge on any atom is -0.512 e. The number of aliphatic hydroxyl groups is 1. The Morgan fingerprint density at radius 1 is 1.14 bits per heavy atom. The molecule has 1 N–H and O–H groups in total. The van der Waals surface area contributed by atoms with E-state index in [1.165, 1.54) is 19.3 Å². The van der Waals surface area contributed by atoms with Crippen LogP contribution in [0.5, 0.6) is 0 Å². The maximum Gasteiger partial charge on any atom is 0.133 e. The van der Waals surface area contributed by atoms with Crippen LogP contribution in [0.15, 0.2) is 11.8 Å². The lowest BCUT2D eigenvalue weighted by Crippen LogP contribution is -2.53. The van der Waals surface area contributed by atoms with E-state index in [-0.39, 0.29) is 5.41 Å². The van der Waals surface area contributed by atoms with Gasteiger partial charge in [0.1, 0.15) is 5.78 Å². The molecular weight excluding hydrogens is 260 g/mol. The average Bonchev–Trinajstić information content (AvgIpc) is 2.76. The smallest absolute Gasteiger partial charge is 0.133 e. The molecule has 21 heavy (non-hydrogen) atoms. The number of aliphatic hydroxyl groups excluding tert-OH is 1. The highest BCUT2D eigenvalue weighted by atomic mass is 16.3. The van der Waals surface area contributed by atoms with E-state index < -0.39 is 0 Å². The molecule has 0 unspecified atom stereocenters. The largest absolute Gasteiger partial charge is 0.512 e. The first-order valence-electron chi connectivity index (χ1n) is 8.86. The van der Waals surface area contributed by atoms with Crippen LogP contribution >= 0.6 is 0 Å². The van der Waals surface area contributed by atoms with E-state index in [2.05, 4.69) is 19.9 Å². The van der Waals surface area contributed by atoms with Gasteiger partial charge in [-0.15, -0.1) is 0 Å². The summed E-state index contributed by atoms with van der Waals surface area (Å²) in [6.07, 6.45) is 10.8. The molecule has 0 aliphatic heterocycles. The fourth-order valence-electron chi connectivity index (χ4n) is 6.59. The SMILES string of the molecule is C[C@]12CCC(=O)C[C@@H]1CC[C@@H]1[C@@H]2CC[C@]2(C)C(O)=CC[C@@H]12. The van der Waals surface area contributed by atoms with E-state index in [9.17, 15) is 9.90 Å². The Balaban J connectivity index is 1.64. The van der Waals surface area contributed by atoms with Crippen LogP contribution in [0.4, 0.5) is 0 Å². The number of fused-ring (bicyclic) bond motifs is 5. The number of allylic oxidation sites excluding steroid dienone is 2. The van der Waals surface area contributed by atoms with Gasteiger partial charge in [-0.1, -0.05) is 13.8 Å². The Labute approximate surface area is 128 Å². The molecule has 2 heteroatoms. The van der Waals surface area contributed by atoms with Crippen molar-refractivity contribution in [3.05, 3.63) is 11.8 Å². The fraction of sp³-hybridized carbons (Fsp3) is 0.842. The van der Waals surface area contributed by atoms with Crippen LogP contribution in [0.3, 0.4) is 0 Å². The van der Waals surface area contributed by atoms with Gasteiger partial charge in [-0.2, -0.15) is 0 Å². The molecule has 4 aliphatic rings. The van der Waals surface area contributed by atoms with Crippen LogP contribution in [0.25, 0.3) is 0 Å². The lowest BCUT2D eigenvalue weighted by molar-refractivity contribution is -0.138. The first-order valence-corrected chi connectivity index (χ1v) is 8.86. The third-order valence-corrected chi connectivity index (χ3v) is 8.02. The van der Waals surface area contributed by atoms with Crippen LogP contribution in [0, 0.1) is 34.5 Å². The average molecular weight is 288 g/mol. The van der Waals surface area contributed by atoms with Crippen molar-refractivity contribution >= 4 is 5.78 Å². The molecular formula is C19H28O2. The molecule has 0 radical (unpaired) electrons. The Kier molecular flexibility index (Phi) is 2.88. The molecule has 0 aromatic heterocycles. The normalized spacial score (nSPS) is 52.7. The summed E-state index contributed by atoms with van der Waals surface area (Å²) in [4.78, 5) is 11.9. The Morgan fingerprint density at radius 3 is 2.76 bits per heavy atom. The van der Waals surface area contributed by atoms with Crippen LogP contribution in [0.1, 0.15) is 65.2 Å². The number of ketones is 1. The van der Waals surface area contributed by atoms with Gasteiger partial charge in [-0.25, -0.2) is 0 Å². The molecule has 2 nitrogen and oxygen atoms in total. The van der Waals surface area contributed by atoms with Gasteiger partial charge in [0.15, 0.2) is 0 Å². The predicted octanol–water partition coefficient (Wildman–Crippen LogP) is 4.65. The highest BCUT2D eigenvalue weighted by Crippen LogP contribution is 2.65. The van der Waals surface area contributed by atoms with E-state index in [1.54, 1.807) is 0 Å². The molecule has 0 bridgehead atoms. The van der Waals surface area contributed by atoms with Gasteiger partial charge < -0.3 is 5.11 Å². The second kappa shape index (κ2) is 4.36. The van der Waals surface area contributed by atoms with Crippen LogP contribution in [0.2, 0.25) is 0 Å². The van der Waals surface area contributed by atoms with Crippen LogP contribution in [-0.4, -0.2) is 10.9 Å². The van der Waals surface area contributed by atoms with Crippen molar-refractivity contribution in [2.24, 2.45) is 34.5 Å². The van der Waals surface area contributed by atoms with E-state index in [0.29, 0.717) is 28.8 Å². The zero-order chi connectivity index (χ0) is 14.8. The maximum atomic E-state index is 11.9. The number of Topliss-reactive ketones (excluding diaryl/α,β-unsaturated/α-hetero) is 1. The molecule has 0 spiro atoms. The molecule has 0 aromatic carbocycles. The quantitative estimate of drug-likeness (QED) is 0.704. The van der Waals surface area contributed by atoms with Crippen molar-refractivity contribution in [1.29, 1.82) is 0 Å². The van der Waals surface area contributed by atoms with Crippen molar-refractivity contribution in [1.82, 2.24) is 0 Å². The highest BCUT2D eigenvalue weighted by Gasteiger charge is 2.58. The minimum absolute atomic E-state index is 0.0504. The molecule has 4 aliphatic carbocycles. The van der Waals surface area contributed by atoms with Gasteiger partial charge in [-0.3, -0.25) is 4.79 Å². The van der Waals surface area contributed by atoms with Crippen LogP contribution < -0.4 is 0 Å². The van der Waals surface area contributed by atoms with Crippen LogP contribution in [-0.2, 0) is 4.79 Å². The monoisotopic (exact) mass is 288 g/mol. The molecule has 0 amide bonds. The maximum absolute atomic E-state index is 11.9. The third-order valence-electron chi connectivity index (χ3n) is 8.02. The molecule has 3 saturated carbocycles. The molecule has 0 aromatic rings. The molecule has 4 rings (SSSR count). The van der Waals surface area contributed by atoms with Crippen molar-refractivity contribution in [3.63, 3.8) is 0 Å². The predicted molar refractivity (Wildman–Crippen MR) is 82.8 cm³/mol. The number of hydrogen-bond acceptors (Lipinski definition) is 2. The molecule has 0 saturated heterocycles. The van der Waals surface area contributed by atoms with E-state index in [1.807, 2.05) is 0 Å². The second-order valence-electron chi connectivity index (χ2n) is 8.68. The number of carbonyl (C=O) groups is 1. The highest BCUT2D eigenvalue weighted by molar-refractivity contribution is 5.79. The summed E-state index contributed by atoms with van der Waals surface area (Å²) in [6, 6.07) is 0. The zero-order valence-electron chi connectivity index (χ0n) is 13.4. The molecule has 3 fully saturated rings. The second-order valence-corrected chi connectivity index (χ2v) is 8.68. The standard InChI is InChI=1S/C19H28O2/c1-18-9-7-13(20)11-12(18)3-4-14-15-5-6-17(21)19(15,2)10-8-16(14)18/h6,12,14-16,21H,3-5,7-11H2,1-2H3/t12-,14-,15-,16-,18-,19-/m0/s1. The first kappa shape index (κ1) is 13.8. The van der Waals surface area contributed by atoms with Gasteiger partial charge in [-0.05, 0) is 73.7 Å². The summed E-state index contributed by atoms with van der Waals surface area (Å²) in [5, 5.41) is 10.3. The summed E-state index contributed by atoms with van der Waals surface area (Å²) < 4.78 is 0. The summed E-state index contributed by atoms with van der Waals surface area (Å²) >= 11 is 0. The number of rotatable bonds is 0. The van der Waals surface area contributed by atoms with Gasteiger partial charge in [0, 0.05) is 18.3 Å². The fourth-order valence-corrected chi connectivity index (χ4v) is 6.59. The Bertz CT molecular complexity index is 508. The zero-order valence-corrected chi connectivity index (χ0v) is 13.4. The Morgan fingerprint density at radius 2 is 1.95 bits per heavy atom. The van der Waals surface area contributed by atoms with E-state index in [0.717, 1.165) is 43.9 Å². The topological polar surface area (TPSA) is 37.3 Å². The first-order chi connectivity index (χ1) is 9.95. The number of carbonyl (C=O) groups excluding carboxylic acids is 1. The van der Waals surface area contributed by atoms with Crippen molar-refractivity contribution in [3.8, 4) is 0 Å². The summed E-state index contributed by atoms with van der Waals surface area (Å²) in [6.45, 7) is 4.76. The van der Waals surface area contributed by atoms with Gasteiger partial charge in [0.25, 0.3) is 0 Å². The van der Waals surface area contributed by atoms with E-state index in [4.69, 9.17) is 0 Å². The summed E-state index contributed by atoms with van der Waals surface area (Å²) in [5.41, 5.74) is 0.436. The minimum atomic E-state index is 0.0504. The summed E-state index contributed by atoms with van der Waals surface area (Å²) in [7, 11) is 0. The van der Waals surface area contributed by atoms with Gasteiger partial charge in [0.2, 0.25) is 0 Å². The van der Waals surface area contributed by atoms with Crippen molar-refractivity contribution < 1.29 is 9.90 Å². The molecule has 116 valence electrons. The third kappa shape index (κ3) is 1.74. The molecule has 0 heterocycles.